The molecule has 0 heterocycles. The van der Waals surface area contributed by atoms with E-state index in [1.807, 2.05) is 0 Å². The summed E-state index contributed by atoms with van der Waals surface area (Å²) in [6.07, 6.45) is 9.58. The maximum absolute atomic E-state index is 5.38. The van der Waals surface area contributed by atoms with Gasteiger partial charge in [0.05, 0.1) is 0 Å². The Kier molecular flexibility index (Phi) is 29.9. The third kappa shape index (κ3) is 29.7. The molecule has 0 saturated heterocycles. The summed E-state index contributed by atoms with van der Waals surface area (Å²) in [7, 11) is 0. The van der Waals surface area contributed by atoms with Crippen molar-refractivity contribution in [1.29, 1.82) is 0 Å². The van der Waals surface area contributed by atoms with Gasteiger partial charge in [-0.1, -0.05) is 13.3 Å². The third-order valence-electron chi connectivity index (χ3n) is 3.59. The molecule has 6 nitrogen and oxygen atoms in total. The zero-order valence-corrected chi connectivity index (χ0v) is 16.3. The Balaban J connectivity index is 0. The van der Waals surface area contributed by atoms with Crippen LogP contribution in [-0.2, 0) is 0 Å². The van der Waals surface area contributed by atoms with Crippen LogP contribution in [0.25, 0.3) is 0 Å². The summed E-state index contributed by atoms with van der Waals surface area (Å²) in [6, 6.07) is 0. The number of nitrogens with one attached hydrogen (secondary N) is 3. The Morgan fingerprint density at radius 2 is 0.792 bits per heavy atom. The van der Waals surface area contributed by atoms with Crippen LogP contribution in [0.3, 0.4) is 0 Å². The number of rotatable bonds is 18. The molecule has 0 radical (unpaired) electrons. The van der Waals surface area contributed by atoms with E-state index in [4.69, 9.17) is 17.2 Å². The lowest BCUT2D eigenvalue weighted by molar-refractivity contribution is 0.570. The largest absolute Gasteiger partial charge is 0.330 e. The summed E-state index contributed by atoms with van der Waals surface area (Å²) in [5.41, 5.74) is 16.1. The van der Waals surface area contributed by atoms with E-state index in [0.29, 0.717) is 0 Å². The second kappa shape index (κ2) is 27.6. The SMILES string of the molecule is CCCCNCCCCN.NCCCNCCCCNCCCN. The van der Waals surface area contributed by atoms with Crippen molar-refractivity contribution < 1.29 is 0 Å². The molecule has 0 fully saturated rings. The summed E-state index contributed by atoms with van der Waals surface area (Å²) in [5.74, 6) is 0. The van der Waals surface area contributed by atoms with Crippen molar-refractivity contribution in [2.45, 2.75) is 58.3 Å². The molecule has 0 bridgehead atoms. The predicted octanol–water partition coefficient (Wildman–Crippen LogP) is 0.758. The first-order valence-corrected chi connectivity index (χ1v) is 10.1. The lowest BCUT2D eigenvalue weighted by Crippen LogP contribution is -2.22. The topological polar surface area (TPSA) is 114 Å². The molecule has 0 aliphatic rings. The number of hydrogen-bond donors (Lipinski definition) is 6. The van der Waals surface area contributed by atoms with Crippen molar-refractivity contribution in [2.75, 3.05) is 58.9 Å². The molecule has 0 aromatic heterocycles. The van der Waals surface area contributed by atoms with Crippen LogP contribution in [0.2, 0.25) is 0 Å². The van der Waals surface area contributed by atoms with Gasteiger partial charge in [-0.3, -0.25) is 0 Å². The molecule has 0 unspecified atom stereocenters. The van der Waals surface area contributed by atoms with E-state index in [-0.39, 0.29) is 0 Å². The number of hydrogen-bond acceptors (Lipinski definition) is 6. The Morgan fingerprint density at radius 3 is 1.17 bits per heavy atom. The smallest absolute Gasteiger partial charge is 0.00369 e. The van der Waals surface area contributed by atoms with E-state index in [1.165, 1.54) is 38.6 Å². The van der Waals surface area contributed by atoms with Crippen molar-refractivity contribution in [1.82, 2.24) is 16.0 Å². The van der Waals surface area contributed by atoms with Crippen LogP contribution in [0.4, 0.5) is 0 Å². The summed E-state index contributed by atoms with van der Waals surface area (Å²) in [6.45, 7) is 11.2. The molecule has 0 aromatic rings. The molecule has 0 aliphatic carbocycles. The first-order valence-electron chi connectivity index (χ1n) is 10.1. The van der Waals surface area contributed by atoms with Crippen LogP contribution in [0.15, 0.2) is 0 Å². The van der Waals surface area contributed by atoms with Gasteiger partial charge in [0.1, 0.15) is 0 Å². The van der Waals surface area contributed by atoms with Gasteiger partial charge in [0.25, 0.3) is 0 Å². The fraction of sp³-hybridized carbons (Fsp3) is 1.00. The second-order valence-electron chi connectivity index (χ2n) is 6.09. The highest BCUT2D eigenvalue weighted by molar-refractivity contribution is 4.52. The molecule has 0 aromatic carbocycles. The minimum absolute atomic E-state index is 0.785. The molecule has 0 atom stereocenters. The average Bonchev–Trinajstić information content (AvgIpc) is 2.60. The number of unbranched alkanes of at least 4 members (excludes halogenated alkanes) is 3. The van der Waals surface area contributed by atoms with Crippen LogP contribution < -0.4 is 33.2 Å². The molecule has 0 amide bonds. The van der Waals surface area contributed by atoms with Gasteiger partial charge in [0.2, 0.25) is 0 Å². The Morgan fingerprint density at radius 1 is 0.458 bits per heavy atom. The fourth-order valence-electron chi connectivity index (χ4n) is 2.03. The lowest BCUT2D eigenvalue weighted by atomic mass is 10.3. The van der Waals surface area contributed by atoms with Crippen LogP contribution in [0.5, 0.6) is 0 Å². The van der Waals surface area contributed by atoms with E-state index in [0.717, 1.165) is 71.6 Å². The van der Waals surface area contributed by atoms with Crippen LogP contribution >= 0.6 is 0 Å². The summed E-state index contributed by atoms with van der Waals surface area (Å²) < 4.78 is 0. The Hall–Kier alpha value is -0.240. The van der Waals surface area contributed by atoms with Gasteiger partial charge < -0.3 is 33.2 Å². The summed E-state index contributed by atoms with van der Waals surface area (Å²) in [5, 5.41) is 10.1. The minimum Gasteiger partial charge on any atom is -0.330 e. The van der Waals surface area contributed by atoms with E-state index in [2.05, 4.69) is 22.9 Å². The zero-order chi connectivity index (χ0) is 18.1. The highest BCUT2D eigenvalue weighted by atomic mass is 14.9. The van der Waals surface area contributed by atoms with Crippen molar-refractivity contribution in [3.8, 4) is 0 Å². The Labute approximate surface area is 151 Å². The van der Waals surface area contributed by atoms with Crippen molar-refractivity contribution in [2.24, 2.45) is 17.2 Å². The first kappa shape index (κ1) is 26.0. The first-order chi connectivity index (χ1) is 11.8. The minimum atomic E-state index is 0.785. The molecule has 24 heavy (non-hydrogen) atoms. The van der Waals surface area contributed by atoms with Crippen molar-refractivity contribution in [3.05, 3.63) is 0 Å². The van der Waals surface area contributed by atoms with Crippen molar-refractivity contribution in [3.63, 3.8) is 0 Å². The normalized spacial score (nSPS) is 10.5. The molecule has 6 heteroatoms. The zero-order valence-electron chi connectivity index (χ0n) is 16.3. The van der Waals surface area contributed by atoms with Gasteiger partial charge in [-0.25, -0.2) is 0 Å². The summed E-state index contributed by atoms with van der Waals surface area (Å²) in [4.78, 5) is 0. The second-order valence-corrected chi connectivity index (χ2v) is 6.09. The maximum Gasteiger partial charge on any atom is -0.00369 e. The molecule has 0 aliphatic heterocycles. The monoisotopic (exact) mass is 346 g/mol. The molecule has 148 valence electrons. The molecular weight excluding hydrogens is 300 g/mol. The molecular formula is C18H46N6. The van der Waals surface area contributed by atoms with E-state index in [9.17, 15) is 0 Å². The van der Waals surface area contributed by atoms with Gasteiger partial charge in [-0.05, 0) is 104 Å². The van der Waals surface area contributed by atoms with Gasteiger partial charge in [0.15, 0.2) is 0 Å². The quantitative estimate of drug-likeness (QED) is 0.204. The average molecular weight is 347 g/mol. The molecule has 0 rings (SSSR count). The van der Waals surface area contributed by atoms with E-state index < -0.39 is 0 Å². The third-order valence-corrected chi connectivity index (χ3v) is 3.59. The van der Waals surface area contributed by atoms with Gasteiger partial charge in [-0.2, -0.15) is 0 Å². The lowest BCUT2D eigenvalue weighted by Gasteiger charge is -2.04. The Bertz CT molecular complexity index is 172. The fourth-order valence-corrected chi connectivity index (χ4v) is 2.03. The van der Waals surface area contributed by atoms with E-state index >= 15 is 0 Å². The van der Waals surface area contributed by atoms with Crippen LogP contribution in [0.1, 0.15) is 58.3 Å². The van der Waals surface area contributed by atoms with Crippen molar-refractivity contribution >= 4 is 0 Å². The maximum atomic E-state index is 5.38. The van der Waals surface area contributed by atoms with E-state index in [1.54, 1.807) is 0 Å². The highest BCUT2D eigenvalue weighted by Crippen LogP contribution is 1.86. The standard InChI is InChI=1S/C10H26N4.C8H20N2/c11-5-3-9-13-7-1-2-8-14-10-4-6-12;1-2-3-7-10-8-5-4-6-9/h13-14H,1-12H2;10H,2-9H2,1H3. The van der Waals surface area contributed by atoms with Crippen LogP contribution in [0, 0.1) is 0 Å². The van der Waals surface area contributed by atoms with Crippen LogP contribution in [-0.4, -0.2) is 58.9 Å². The molecule has 0 saturated carbocycles. The summed E-state index contributed by atoms with van der Waals surface area (Å²) >= 11 is 0. The van der Waals surface area contributed by atoms with Gasteiger partial charge in [0, 0.05) is 0 Å². The number of nitrogens with two attached hydrogens (primary N) is 3. The van der Waals surface area contributed by atoms with Gasteiger partial charge in [-0.15, -0.1) is 0 Å². The molecule has 0 spiro atoms. The van der Waals surface area contributed by atoms with Gasteiger partial charge >= 0.3 is 0 Å². The highest BCUT2D eigenvalue weighted by Gasteiger charge is 1.89. The molecule has 9 N–H and O–H groups in total. The predicted molar refractivity (Wildman–Crippen MR) is 108 cm³/mol.